The van der Waals surface area contributed by atoms with E-state index >= 15 is 0 Å². The summed E-state index contributed by atoms with van der Waals surface area (Å²) in [4.78, 5) is 13.7. The first kappa shape index (κ1) is 38.1. The number of piperidine rings is 2. The van der Waals surface area contributed by atoms with Gasteiger partial charge in [-0.2, -0.15) is 16.9 Å². The van der Waals surface area contributed by atoms with Crippen LogP contribution in [0.15, 0.2) is 128 Å². The third-order valence-corrected chi connectivity index (χ3v) is 11.4. The zero-order valence-electron chi connectivity index (χ0n) is 32.5. The number of pyridine rings is 2. The highest BCUT2D eigenvalue weighted by atomic mass is 32.2. The van der Waals surface area contributed by atoms with Gasteiger partial charge in [0.05, 0.1) is 18.8 Å². The summed E-state index contributed by atoms with van der Waals surface area (Å²) in [5, 5.41) is 22.7. The number of anilines is 2. The second kappa shape index (κ2) is 18.9. The van der Waals surface area contributed by atoms with Gasteiger partial charge in [0.15, 0.2) is 5.82 Å². The molecule has 2 aromatic carbocycles. The zero-order valence-corrected chi connectivity index (χ0v) is 33.4. The van der Waals surface area contributed by atoms with Crippen molar-refractivity contribution in [2.24, 2.45) is 0 Å². The number of benzene rings is 2. The fourth-order valence-electron chi connectivity index (χ4n) is 7.89. The predicted octanol–water partition coefficient (Wildman–Crippen LogP) is 7.32. The van der Waals surface area contributed by atoms with Crippen LogP contribution >= 0.6 is 11.8 Å². The minimum atomic E-state index is 0.396. The van der Waals surface area contributed by atoms with Crippen molar-refractivity contribution in [3.8, 4) is 0 Å². The van der Waals surface area contributed by atoms with Crippen LogP contribution in [-0.2, 0) is 25.4 Å². The van der Waals surface area contributed by atoms with Crippen LogP contribution in [0, 0.1) is 0 Å². The van der Waals surface area contributed by atoms with E-state index in [4.69, 9.17) is 0 Å². The monoisotopic (exact) mass is 778 g/mol. The third kappa shape index (κ3) is 9.60. The third-order valence-electron chi connectivity index (χ3n) is 10.9. The van der Waals surface area contributed by atoms with Gasteiger partial charge in [0.1, 0.15) is 35.7 Å². The lowest BCUT2D eigenvalue weighted by Gasteiger charge is -2.32. The van der Waals surface area contributed by atoms with Gasteiger partial charge < -0.3 is 18.9 Å². The van der Waals surface area contributed by atoms with E-state index in [1.165, 1.54) is 11.1 Å². The molecule has 2 fully saturated rings. The molecule has 0 spiro atoms. The lowest BCUT2D eigenvalue weighted by molar-refractivity contribution is 0.464. The number of hydrogen-bond acceptors (Lipinski definition) is 10. The Morgan fingerprint density at radius 2 is 1.02 bits per heavy atom. The molecule has 0 radical (unpaired) electrons. The van der Waals surface area contributed by atoms with Crippen molar-refractivity contribution in [1.82, 2.24) is 49.3 Å². The molecular weight excluding hydrogens is 729 g/mol. The van der Waals surface area contributed by atoms with E-state index < -0.39 is 0 Å². The van der Waals surface area contributed by atoms with Crippen LogP contribution < -0.4 is 9.80 Å². The molecule has 12 nitrogen and oxygen atoms in total. The summed E-state index contributed by atoms with van der Waals surface area (Å²) in [5.41, 5.74) is 2.55. The van der Waals surface area contributed by atoms with Gasteiger partial charge >= 0.3 is 0 Å². The number of aromatic nitrogens is 10. The van der Waals surface area contributed by atoms with E-state index in [1.807, 2.05) is 47.5 Å². The summed E-state index contributed by atoms with van der Waals surface area (Å²) >= 11 is 1.80. The Labute approximate surface area is 339 Å². The predicted molar refractivity (Wildman–Crippen MR) is 227 cm³/mol. The topological polar surface area (TPSA) is 112 Å². The van der Waals surface area contributed by atoms with E-state index in [2.05, 4.69) is 140 Å². The van der Waals surface area contributed by atoms with Gasteiger partial charge in [-0.05, 0) is 73.4 Å². The average molecular weight is 779 g/mol. The molecule has 7 heterocycles. The van der Waals surface area contributed by atoms with E-state index in [1.54, 1.807) is 18.0 Å². The summed E-state index contributed by atoms with van der Waals surface area (Å²) in [6, 6.07) is 35.3. The Morgan fingerprint density at radius 1 is 0.526 bits per heavy atom. The van der Waals surface area contributed by atoms with Gasteiger partial charge in [0, 0.05) is 62.8 Å². The van der Waals surface area contributed by atoms with Gasteiger partial charge in [-0.25, -0.2) is 9.97 Å². The largest absolute Gasteiger partial charge is 0.357 e. The van der Waals surface area contributed by atoms with Crippen molar-refractivity contribution in [3.05, 3.63) is 162 Å². The SMILES string of the molecule is CSCc1nnc(C2CCN(c3ccccn3)CC2)n1Cc1ccccc1.c1ccc(Cn2c(Cn3cccn3)nnc2C2CCN(c3ccccn3)CC2)cc1. The highest BCUT2D eigenvalue weighted by Gasteiger charge is 2.28. The van der Waals surface area contributed by atoms with Gasteiger partial charge in [-0.3, -0.25) is 4.68 Å². The Kier molecular flexibility index (Phi) is 12.6. The second-order valence-electron chi connectivity index (χ2n) is 14.6. The van der Waals surface area contributed by atoms with Crippen LogP contribution in [0.1, 0.15) is 71.9 Å². The number of hydrogen-bond donors (Lipinski definition) is 0. The standard InChI is InChI=1S/C23H25N7.C21H25N5S/c1-2-7-19(8-3-1)17-30-22(18-29-14-6-13-25-29)26-27-23(30)20-10-15-28(16-11-20)21-9-4-5-12-24-21;1-27-16-20-23-24-21(26(20)15-17-7-3-2-4-8-17)18-10-13-25(14-11-18)19-9-5-6-12-22-19/h1-9,12-14,20H,10-11,15-18H2;2-9,12,18H,10-11,13-16H2,1H3. The first-order chi connectivity index (χ1) is 28.2. The van der Waals surface area contributed by atoms with Crippen molar-refractivity contribution in [2.75, 3.05) is 42.2 Å². The van der Waals surface area contributed by atoms with Crippen molar-refractivity contribution < 1.29 is 0 Å². The van der Waals surface area contributed by atoms with Crippen LogP contribution in [0.3, 0.4) is 0 Å². The first-order valence-corrected chi connectivity index (χ1v) is 21.3. The molecule has 0 aliphatic carbocycles. The summed E-state index contributed by atoms with van der Waals surface area (Å²) in [6.45, 7) is 6.23. The van der Waals surface area contributed by atoms with Gasteiger partial charge in [-0.15, -0.1) is 20.4 Å². The average Bonchev–Trinajstić information content (AvgIpc) is 4.04. The Morgan fingerprint density at radius 3 is 1.47 bits per heavy atom. The summed E-state index contributed by atoms with van der Waals surface area (Å²) in [5.74, 6) is 8.13. The van der Waals surface area contributed by atoms with E-state index in [-0.39, 0.29) is 0 Å². The summed E-state index contributed by atoms with van der Waals surface area (Å²) in [7, 11) is 0. The fraction of sp³-hybridized carbons (Fsp3) is 0.341. The molecule has 0 N–H and O–H groups in total. The lowest BCUT2D eigenvalue weighted by atomic mass is 9.95. The molecule has 0 unspecified atom stereocenters. The van der Waals surface area contributed by atoms with Crippen LogP contribution in [0.25, 0.3) is 0 Å². The molecule has 0 bridgehead atoms. The van der Waals surface area contributed by atoms with Crippen molar-refractivity contribution in [3.63, 3.8) is 0 Å². The zero-order chi connectivity index (χ0) is 38.7. The molecule has 292 valence electrons. The Bertz CT molecular complexity index is 2210. The first-order valence-electron chi connectivity index (χ1n) is 19.9. The van der Waals surface area contributed by atoms with E-state index in [9.17, 15) is 0 Å². The second-order valence-corrected chi connectivity index (χ2v) is 15.5. The van der Waals surface area contributed by atoms with Crippen LogP contribution in [0.4, 0.5) is 11.6 Å². The highest BCUT2D eigenvalue weighted by Crippen LogP contribution is 2.31. The molecule has 5 aromatic heterocycles. The minimum Gasteiger partial charge on any atom is -0.357 e. The Hall–Kier alpha value is -5.82. The number of rotatable bonds is 12. The molecule has 2 aliphatic heterocycles. The van der Waals surface area contributed by atoms with Gasteiger partial charge in [-0.1, -0.05) is 72.8 Å². The van der Waals surface area contributed by atoms with E-state index in [0.717, 1.165) is 106 Å². The highest BCUT2D eigenvalue weighted by molar-refractivity contribution is 7.97. The molecule has 0 saturated carbocycles. The fourth-order valence-corrected chi connectivity index (χ4v) is 8.36. The lowest BCUT2D eigenvalue weighted by Crippen LogP contribution is -2.34. The van der Waals surface area contributed by atoms with Crippen molar-refractivity contribution in [1.29, 1.82) is 0 Å². The molecule has 2 aliphatic rings. The Balaban J connectivity index is 0.000000161. The van der Waals surface area contributed by atoms with Crippen LogP contribution in [0.2, 0.25) is 0 Å². The molecule has 0 atom stereocenters. The quantitative estimate of drug-likeness (QED) is 0.125. The smallest absolute Gasteiger partial charge is 0.155 e. The maximum atomic E-state index is 4.65. The summed E-state index contributed by atoms with van der Waals surface area (Å²) < 4.78 is 6.53. The van der Waals surface area contributed by atoms with Gasteiger partial charge in [0.2, 0.25) is 0 Å². The van der Waals surface area contributed by atoms with Gasteiger partial charge in [0.25, 0.3) is 0 Å². The maximum absolute atomic E-state index is 4.65. The van der Waals surface area contributed by atoms with Crippen molar-refractivity contribution in [2.45, 2.75) is 62.9 Å². The van der Waals surface area contributed by atoms with Crippen molar-refractivity contribution >= 4 is 23.4 Å². The van der Waals surface area contributed by atoms with E-state index in [0.29, 0.717) is 18.4 Å². The van der Waals surface area contributed by atoms with Crippen LogP contribution in [-0.4, -0.2) is 81.7 Å². The molecule has 13 heteroatoms. The number of nitrogens with zero attached hydrogens (tertiary/aromatic N) is 12. The number of thioether (sulfide) groups is 1. The summed E-state index contributed by atoms with van der Waals surface area (Å²) in [6.07, 6.45) is 13.9. The maximum Gasteiger partial charge on any atom is 0.155 e. The molecule has 57 heavy (non-hydrogen) atoms. The van der Waals surface area contributed by atoms with Crippen LogP contribution in [0.5, 0.6) is 0 Å². The minimum absolute atomic E-state index is 0.396. The molecule has 0 amide bonds. The molecule has 2 saturated heterocycles. The molecule has 9 rings (SSSR count). The molecule has 7 aromatic rings. The normalized spacial score (nSPS) is 15.0. The molecular formula is C44H50N12S.